The normalized spacial score (nSPS) is 21.6. The van der Waals surface area contributed by atoms with Crippen LogP contribution in [-0.4, -0.2) is 16.6 Å². The zero-order valence-electron chi connectivity index (χ0n) is 14.4. The van der Waals surface area contributed by atoms with E-state index in [1.54, 1.807) is 17.7 Å². The largest absolute Gasteiger partial charge is 0.486 e. The van der Waals surface area contributed by atoms with Crippen LogP contribution < -0.4 is 15.0 Å². The summed E-state index contributed by atoms with van der Waals surface area (Å²) in [6.45, 7) is 3.76. The Morgan fingerprint density at radius 2 is 1.92 bits per heavy atom. The first-order valence-corrected chi connectivity index (χ1v) is 8.34. The smallest absolute Gasteiger partial charge is 0.312 e. The minimum Gasteiger partial charge on any atom is -0.486 e. The topological polar surface area (TPSA) is 57.5 Å². The third-order valence-electron chi connectivity index (χ3n) is 5.03. The molecule has 0 unspecified atom stereocenters. The zero-order chi connectivity index (χ0) is 17.7. The molecule has 1 aromatic heterocycles. The molecule has 0 fully saturated rings. The van der Waals surface area contributed by atoms with E-state index in [2.05, 4.69) is 0 Å². The summed E-state index contributed by atoms with van der Waals surface area (Å²) in [5.74, 6) is 0.527. The van der Waals surface area contributed by atoms with Gasteiger partial charge in [-0.05, 0) is 31.6 Å². The fraction of sp³-hybridized carbons (Fsp3) is 0.300. The Labute approximate surface area is 145 Å². The molecule has 4 rings (SSSR count). The number of hydrogen-bond donors (Lipinski definition) is 0. The van der Waals surface area contributed by atoms with E-state index in [9.17, 15) is 9.59 Å². The van der Waals surface area contributed by atoms with E-state index in [0.717, 1.165) is 22.6 Å². The Hall–Kier alpha value is -2.82. The predicted molar refractivity (Wildman–Crippen MR) is 93.9 cm³/mol. The van der Waals surface area contributed by atoms with Crippen LogP contribution in [0, 0.1) is 6.92 Å². The SMILES string of the molecule is Cc1cc2c(c(=O)n1C)[C@@H](C1=Cc3ccccc3O[C@H]1C)CC(=O)O2. The first-order chi connectivity index (χ1) is 12.0. The summed E-state index contributed by atoms with van der Waals surface area (Å²) >= 11 is 0. The Bertz CT molecular complexity index is 970. The van der Waals surface area contributed by atoms with Gasteiger partial charge in [-0.2, -0.15) is 0 Å². The summed E-state index contributed by atoms with van der Waals surface area (Å²) in [4.78, 5) is 25.0. The number of benzene rings is 1. The molecule has 3 heterocycles. The standard InChI is InChI=1S/C20H19NO4/c1-11-8-17-19(20(23)21(11)3)15(10-18(22)25-17)14-9-13-6-4-5-7-16(13)24-12(14)2/h4-9,12,15H,10H2,1-3H3/t12-,15+/m0/s1. The number of carbonyl (C=O) groups excluding carboxylic acids is 1. The molecule has 0 radical (unpaired) electrons. The van der Waals surface area contributed by atoms with E-state index in [-0.39, 0.29) is 30.0 Å². The van der Waals surface area contributed by atoms with Crippen molar-refractivity contribution in [2.24, 2.45) is 7.05 Å². The van der Waals surface area contributed by atoms with Crippen molar-refractivity contribution in [3.63, 3.8) is 0 Å². The molecular formula is C20H19NO4. The summed E-state index contributed by atoms with van der Waals surface area (Å²) in [7, 11) is 1.73. The Morgan fingerprint density at radius 1 is 1.16 bits per heavy atom. The van der Waals surface area contributed by atoms with Gasteiger partial charge in [0, 0.05) is 30.3 Å². The van der Waals surface area contributed by atoms with Crippen LogP contribution in [0.2, 0.25) is 0 Å². The fourth-order valence-corrected chi connectivity index (χ4v) is 3.58. The van der Waals surface area contributed by atoms with Crippen molar-refractivity contribution in [2.75, 3.05) is 0 Å². The molecule has 0 saturated heterocycles. The van der Waals surface area contributed by atoms with Gasteiger partial charge in [0.15, 0.2) is 0 Å². The van der Waals surface area contributed by atoms with Gasteiger partial charge in [-0.25, -0.2) is 0 Å². The lowest BCUT2D eigenvalue weighted by molar-refractivity contribution is -0.135. The van der Waals surface area contributed by atoms with Gasteiger partial charge in [0.2, 0.25) is 0 Å². The van der Waals surface area contributed by atoms with E-state index < -0.39 is 0 Å². The van der Waals surface area contributed by atoms with Crippen molar-refractivity contribution in [3.05, 3.63) is 63.1 Å². The monoisotopic (exact) mass is 337 g/mol. The molecule has 128 valence electrons. The lowest BCUT2D eigenvalue weighted by atomic mass is 9.82. The van der Waals surface area contributed by atoms with Crippen molar-refractivity contribution in [1.29, 1.82) is 0 Å². The molecule has 0 saturated carbocycles. The van der Waals surface area contributed by atoms with E-state index in [1.165, 1.54) is 0 Å². The second-order valence-corrected chi connectivity index (χ2v) is 6.60. The number of aryl methyl sites for hydroxylation is 1. The average molecular weight is 337 g/mol. The van der Waals surface area contributed by atoms with Crippen molar-refractivity contribution in [3.8, 4) is 11.5 Å². The minimum absolute atomic E-state index is 0.126. The lowest BCUT2D eigenvalue weighted by Gasteiger charge is -2.32. The number of hydrogen-bond acceptors (Lipinski definition) is 4. The highest BCUT2D eigenvalue weighted by Gasteiger charge is 2.36. The van der Waals surface area contributed by atoms with Crippen LogP contribution in [-0.2, 0) is 11.8 Å². The molecule has 0 bridgehead atoms. The first kappa shape index (κ1) is 15.7. The van der Waals surface area contributed by atoms with Gasteiger partial charge in [0.05, 0.1) is 12.0 Å². The summed E-state index contributed by atoms with van der Waals surface area (Å²) in [5, 5.41) is 0. The molecule has 25 heavy (non-hydrogen) atoms. The van der Waals surface area contributed by atoms with Gasteiger partial charge in [0.1, 0.15) is 17.6 Å². The molecule has 0 amide bonds. The van der Waals surface area contributed by atoms with Crippen LogP contribution in [0.5, 0.6) is 11.5 Å². The first-order valence-electron chi connectivity index (χ1n) is 8.34. The van der Waals surface area contributed by atoms with E-state index >= 15 is 0 Å². The lowest BCUT2D eigenvalue weighted by Crippen LogP contribution is -2.35. The van der Waals surface area contributed by atoms with E-state index in [1.807, 2.05) is 44.2 Å². The molecule has 2 aliphatic heterocycles. The van der Waals surface area contributed by atoms with Crippen molar-refractivity contribution >= 4 is 12.0 Å². The van der Waals surface area contributed by atoms with Crippen LogP contribution in [0.4, 0.5) is 0 Å². The quantitative estimate of drug-likeness (QED) is 0.751. The molecule has 2 atom stereocenters. The number of aromatic nitrogens is 1. The summed E-state index contributed by atoms with van der Waals surface area (Å²) < 4.78 is 13.0. The molecule has 5 heteroatoms. The second kappa shape index (κ2) is 5.62. The number of para-hydroxylation sites is 1. The van der Waals surface area contributed by atoms with Gasteiger partial charge < -0.3 is 14.0 Å². The van der Waals surface area contributed by atoms with Gasteiger partial charge >= 0.3 is 5.97 Å². The van der Waals surface area contributed by atoms with Crippen molar-refractivity contribution < 1.29 is 14.3 Å². The molecule has 0 spiro atoms. The van der Waals surface area contributed by atoms with Crippen LogP contribution >= 0.6 is 0 Å². The number of esters is 1. The Balaban J connectivity index is 1.91. The highest BCUT2D eigenvalue weighted by atomic mass is 16.5. The van der Waals surface area contributed by atoms with Crippen LogP contribution in [0.15, 0.2) is 40.7 Å². The molecule has 0 N–H and O–H groups in total. The number of fused-ring (bicyclic) bond motifs is 2. The predicted octanol–water partition coefficient (Wildman–Crippen LogP) is 2.95. The molecule has 2 aliphatic rings. The molecule has 1 aromatic carbocycles. The van der Waals surface area contributed by atoms with E-state index in [0.29, 0.717) is 11.3 Å². The van der Waals surface area contributed by atoms with Crippen molar-refractivity contribution in [1.82, 2.24) is 4.57 Å². The maximum Gasteiger partial charge on any atom is 0.312 e. The summed E-state index contributed by atoms with van der Waals surface area (Å²) in [6, 6.07) is 9.51. The number of nitrogens with zero attached hydrogens (tertiary/aromatic N) is 1. The van der Waals surface area contributed by atoms with Gasteiger partial charge in [0.25, 0.3) is 5.56 Å². The minimum atomic E-state index is -0.334. The van der Waals surface area contributed by atoms with Gasteiger partial charge in [-0.15, -0.1) is 0 Å². The molecule has 0 aliphatic carbocycles. The number of pyridine rings is 1. The third-order valence-corrected chi connectivity index (χ3v) is 5.03. The summed E-state index contributed by atoms with van der Waals surface area (Å²) in [5.41, 5.74) is 3.05. The highest BCUT2D eigenvalue weighted by Crippen LogP contribution is 2.42. The third kappa shape index (κ3) is 2.47. The van der Waals surface area contributed by atoms with Crippen LogP contribution in [0.3, 0.4) is 0 Å². The average Bonchev–Trinajstić information content (AvgIpc) is 2.58. The molecule has 5 nitrogen and oxygen atoms in total. The highest BCUT2D eigenvalue weighted by molar-refractivity contribution is 5.79. The molecule has 2 aromatic rings. The van der Waals surface area contributed by atoms with Crippen molar-refractivity contribution in [2.45, 2.75) is 32.3 Å². The fourth-order valence-electron chi connectivity index (χ4n) is 3.58. The van der Waals surface area contributed by atoms with Crippen LogP contribution in [0.1, 0.15) is 36.1 Å². The number of carbonyl (C=O) groups is 1. The number of rotatable bonds is 1. The summed E-state index contributed by atoms with van der Waals surface area (Å²) in [6.07, 6.45) is 1.97. The number of ether oxygens (including phenoxy) is 2. The zero-order valence-corrected chi connectivity index (χ0v) is 14.4. The van der Waals surface area contributed by atoms with E-state index in [4.69, 9.17) is 9.47 Å². The Kier molecular flexibility index (Phi) is 3.53. The van der Waals surface area contributed by atoms with Gasteiger partial charge in [-0.1, -0.05) is 18.2 Å². The molecular weight excluding hydrogens is 318 g/mol. The van der Waals surface area contributed by atoms with Crippen LogP contribution in [0.25, 0.3) is 6.08 Å². The maximum atomic E-state index is 12.8. The Morgan fingerprint density at radius 3 is 2.72 bits per heavy atom. The second-order valence-electron chi connectivity index (χ2n) is 6.60. The maximum absolute atomic E-state index is 12.8. The van der Waals surface area contributed by atoms with Gasteiger partial charge in [-0.3, -0.25) is 9.59 Å².